The molecule has 1 aromatic rings. The monoisotopic (exact) mass is 360 g/mol. The topological polar surface area (TPSA) is 90.5 Å². The largest absolute Gasteiger partial charge is 0.341 e. The van der Waals surface area contributed by atoms with Crippen molar-refractivity contribution in [2.45, 2.75) is 32.7 Å². The molecule has 1 saturated heterocycles. The van der Waals surface area contributed by atoms with Crippen LogP contribution in [-0.4, -0.2) is 48.9 Å². The van der Waals surface area contributed by atoms with E-state index in [4.69, 9.17) is 0 Å². The highest BCUT2D eigenvalue weighted by molar-refractivity contribution is 5.95. The van der Waals surface area contributed by atoms with Crippen molar-refractivity contribution in [2.24, 2.45) is 5.92 Å². The van der Waals surface area contributed by atoms with Gasteiger partial charge in [-0.15, -0.1) is 0 Å². The average Bonchev–Trinajstić information content (AvgIpc) is 2.63. The Morgan fingerprint density at radius 1 is 1.15 bits per heavy atom. The Balaban J connectivity index is 2.01. The minimum atomic E-state index is -0.607. The van der Waals surface area contributed by atoms with Gasteiger partial charge in [-0.3, -0.25) is 20.2 Å². The first-order valence-corrected chi connectivity index (χ1v) is 9.16. The molecule has 7 nitrogen and oxygen atoms in total. The summed E-state index contributed by atoms with van der Waals surface area (Å²) in [5, 5.41) is 7.74. The molecular weight excluding hydrogens is 332 g/mol. The standard InChI is InChI=1S/C19H28N4O3/c1-3-20-19(26)22-16(24)13-21-17(15-7-5-4-6-8-15)18(25)23-11-9-14(2)10-12-23/h4-8,14,17,21H,3,9-13H2,1-2H3,(H2,20,22,24,26). The van der Waals surface area contributed by atoms with Gasteiger partial charge in [0.15, 0.2) is 0 Å². The predicted octanol–water partition coefficient (Wildman–Crippen LogP) is 1.42. The molecule has 0 aliphatic carbocycles. The molecule has 26 heavy (non-hydrogen) atoms. The Hall–Kier alpha value is -2.41. The quantitative estimate of drug-likeness (QED) is 0.716. The molecule has 3 N–H and O–H groups in total. The minimum absolute atomic E-state index is 0.0334. The Morgan fingerprint density at radius 3 is 2.42 bits per heavy atom. The third-order valence-corrected chi connectivity index (χ3v) is 4.53. The molecule has 7 heteroatoms. The summed E-state index contributed by atoms with van der Waals surface area (Å²) >= 11 is 0. The van der Waals surface area contributed by atoms with E-state index in [0.29, 0.717) is 12.5 Å². The van der Waals surface area contributed by atoms with Gasteiger partial charge >= 0.3 is 6.03 Å². The van der Waals surface area contributed by atoms with E-state index in [1.165, 1.54) is 0 Å². The number of nitrogens with one attached hydrogen (secondary N) is 3. The highest BCUT2D eigenvalue weighted by Gasteiger charge is 2.28. The van der Waals surface area contributed by atoms with Crippen LogP contribution in [0, 0.1) is 5.92 Å². The maximum absolute atomic E-state index is 13.0. The molecule has 142 valence electrons. The Morgan fingerprint density at radius 2 is 1.81 bits per heavy atom. The molecule has 1 aliphatic heterocycles. The van der Waals surface area contributed by atoms with E-state index in [1.54, 1.807) is 6.92 Å². The predicted molar refractivity (Wildman–Crippen MR) is 99.4 cm³/mol. The van der Waals surface area contributed by atoms with Crippen LogP contribution >= 0.6 is 0 Å². The van der Waals surface area contributed by atoms with Gasteiger partial charge in [0.2, 0.25) is 11.8 Å². The van der Waals surface area contributed by atoms with Crippen LogP contribution in [0.3, 0.4) is 0 Å². The molecule has 4 amide bonds. The van der Waals surface area contributed by atoms with Crippen LogP contribution in [0.4, 0.5) is 4.79 Å². The van der Waals surface area contributed by atoms with E-state index in [0.717, 1.165) is 31.5 Å². The van der Waals surface area contributed by atoms with Crippen molar-refractivity contribution in [1.29, 1.82) is 0 Å². The van der Waals surface area contributed by atoms with Crippen molar-refractivity contribution in [2.75, 3.05) is 26.2 Å². The zero-order chi connectivity index (χ0) is 18.9. The summed E-state index contributed by atoms with van der Waals surface area (Å²) in [6.45, 7) is 5.75. The second kappa shape index (κ2) is 9.91. The second-order valence-corrected chi connectivity index (χ2v) is 6.64. The number of carbonyl (C=O) groups excluding carboxylic acids is 3. The molecule has 1 fully saturated rings. The molecule has 0 aromatic heterocycles. The number of benzene rings is 1. The minimum Gasteiger partial charge on any atom is -0.341 e. The van der Waals surface area contributed by atoms with E-state index in [2.05, 4.69) is 22.9 Å². The van der Waals surface area contributed by atoms with Gasteiger partial charge in [0.25, 0.3) is 0 Å². The molecule has 1 unspecified atom stereocenters. The highest BCUT2D eigenvalue weighted by atomic mass is 16.2. The smallest absolute Gasteiger partial charge is 0.321 e. The number of urea groups is 1. The Labute approximate surface area is 154 Å². The lowest BCUT2D eigenvalue weighted by Crippen LogP contribution is -2.48. The van der Waals surface area contributed by atoms with Crippen LogP contribution < -0.4 is 16.0 Å². The van der Waals surface area contributed by atoms with Gasteiger partial charge in [0.1, 0.15) is 6.04 Å². The molecular formula is C19H28N4O3. The first-order chi connectivity index (χ1) is 12.5. The summed E-state index contributed by atoms with van der Waals surface area (Å²) in [4.78, 5) is 38.2. The fourth-order valence-electron chi connectivity index (χ4n) is 2.98. The van der Waals surface area contributed by atoms with E-state index in [9.17, 15) is 14.4 Å². The number of rotatable bonds is 6. The van der Waals surface area contributed by atoms with Crippen LogP contribution in [-0.2, 0) is 9.59 Å². The van der Waals surface area contributed by atoms with Crippen LogP contribution in [0.2, 0.25) is 0 Å². The molecule has 0 saturated carbocycles. The van der Waals surface area contributed by atoms with Gasteiger partial charge in [-0.2, -0.15) is 0 Å². The van der Waals surface area contributed by atoms with Crippen molar-refractivity contribution < 1.29 is 14.4 Å². The van der Waals surface area contributed by atoms with Gasteiger partial charge in [-0.1, -0.05) is 37.3 Å². The van der Waals surface area contributed by atoms with Gasteiger partial charge in [0, 0.05) is 19.6 Å². The number of imide groups is 1. The fourth-order valence-corrected chi connectivity index (χ4v) is 2.98. The van der Waals surface area contributed by atoms with Crippen LogP contribution in [0.15, 0.2) is 30.3 Å². The number of piperidine rings is 1. The van der Waals surface area contributed by atoms with Crippen molar-refractivity contribution in [3.63, 3.8) is 0 Å². The summed E-state index contributed by atoms with van der Waals surface area (Å²) < 4.78 is 0. The third-order valence-electron chi connectivity index (χ3n) is 4.53. The van der Waals surface area contributed by atoms with Gasteiger partial charge in [0.05, 0.1) is 6.54 Å². The molecule has 1 aromatic carbocycles. The lowest BCUT2D eigenvalue weighted by molar-refractivity contribution is -0.135. The first kappa shape index (κ1) is 19.9. The van der Waals surface area contributed by atoms with Gasteiger partial charge in [-0.05, 0) is 31.2 Å². The summed E-state index contributed by atoms with van der Waals surface area (Å²) in [6.07, 6.45) is 1.98. The van der Waals surface area contributed by atoms with Crippen molar-refractivity contribution >= 4 is 17.8 Å². The molecule has 2 rings (SSSR count). The number of amides is 4. The van der Waals surface area contributed by atoms with Crippen LogP contribution in [0.5, 0.6) is 0 Å². The highest BCUT2D eigenvalue weighted by Crippen LogP contribution is 2.21. The van der Waals surface area contributed by atoms with E-state index in [-0.39, 0.29) is 12.5 Å². The summed E-state index contributed by atoms with van der Waals surface area (Å²) in [6, 6.07) is 8.20. The first-order valence-electron chi connectivity index (χ1n) is 9.16. The normalized spacial score (nSPS) is 16.0. The maximum atomic E-state index is 13.0. The summed E-state index contributed by atoms with van der Waals surface area (Å²) in [7, 11) is 0. The van der Waals surface area contributed by atoms with Gasteiger partial charge < -0.3 is 10.2 Å². The second-order valence-electron chi connectivity index (χ2n) is 6.64. The third kappa shape index (κ3) is 5.84. The van der Waals surface area contributed by atoms with E-state index < -0.39 is 18.0 Å². The van der Waals surface area contributed by atoms with Crippen LogP contribution in [0.1, 0.15) is 38.3 Å². The van der Waals surface area contributed by atoms with Crippen molar-refractivity contribution in [3.05, 3.63) is 35.9 Å². The van der Waals surface area contributed by atoms with Crippen LogP contribution in [0.25, 0.3) is 0 Å². The lowest BCUT2D eigenvalue weighted by Gasteiger charge is -2.33. The molecule has 1 aliphatic rings. The SMILES string of the molecule is CCNC(=O)NC(=O)CNC(C(=O)N1CCC(C)CC1)c1ccccc1. The molecule has 0 spiro atoms. The zero-order valence-corrected chi connectivity index (χ0v) is 15.5. The maximum Gasteiger partial charge on any atom is 0.321 e. The lowest BCUT2D eigenvalue weighted by atomic mass is 9.97. The number of hydrogen-bond acceptors (Lipinski definition) is 4. The molecule has 0 bridgehead atoms. The van der Waals surface area contributed by atoms with Crippen molar-refractivity contribution in [1.82, 2.24) is 20.9 Å². The van der Waals surface area contributed by atoms with E-state index in [1.807, 2.05) is 35.2 Å². The molecule has 0 radical (unpaired) electrons. The fraction of sp³-hybridized carbons (Fsp3) is 0.526. The summed E-state index contributed by atoms with van der Waals surface area (Å²) in [5.74, 6) is 0.121. The Kier molecular flexibility index (Phi) is 7.59. The number of hydrogen-bond donors (Lipinski definition) is 3. The Bertz CT molecular complexity index is 612. The number of carbonyl (C=O) groups is 3. The average molecular weight is 360 g/mol. The zero-order valence-electron chi connectivity index (χ0n) is 15.5. The summed E-state index contributed by atoms with van der Waals surface area (Å²) in [5.41, 5.74) is 0.807. The van der Waals surface area contributed by atoms with Crippen molar-refractivity contribution in [3.8, 4) is 0 Å². The molecule has 1 atom stereocenters. The van der Waals surface area contributed by atoms with E-state index >= 15 is 0 Å². The number of likely N-dealkylation sites (tertiary alicyclic amines) is 1. The number of nitrogens with zero attached hydrogens (tertiary/aromatic N) is 1. The molecule has 1 heterocycles. The van der Waals surface area contributed by atoms with Gasteiger partial charge in [-0.25, -0.2) is 4.79 Å².